The average molecular weight is 759 g/mol. The maximum atomic E-state index is 11.9. The topological polar surface area (TPSA) is 43.4 Å². The smallest absolute Gasteiger partial charge is 0.313 e. The molecule has 246 valence electrons. The molecule has 0 aliphatic carbocycles. The van der Waals surface area contributed by atoms with Gasteiger partial charge in [-0.15, -0.1) is 0 Å². The second-order valence-electron chi connectivity index (χ2n) is 10.8. The molecule has 3 nitrogen and oxygen atoms in total. The van der Waals surface area contributed by atoms with Crippen LogP contribution < -0.4 is 0 Å². The van der Waals surface area contributed by atoms with Crippen LogP contribution in [-0.4, -0.2) is 11.9 Å². The Labute approximate surface area is 285 Å². The van der Waals surface area contributed by atoms with E-state index in [4.69, 9.17) is 4.74 Å². The van der Waals surface area contributed by atoms with E-state index in [9.17, 15) is 9.59 Å². The summed E-state index contributed by atoms with van der Waals surface area (Å²) < 4.78 is 4.98. The van der Waals surface area contributed by atoms with Crippen LogP contribution in [0.1, 0.15) is 168 Å². The fourth-order valence-electron chi connectivity index (χ4n) is 4.39. The van der Waals surface area contributed by atoms with Crippen LogP contribution in [-0.2, 0) is 59.1 Å². The molecule has 0 saturated heterocycles. The molecule has 0 fully saturated rings. The van der Waals surface area contributed by atoms with Crippen molar-refractivity contribution in [2.24, 2.45) is 0 Å². The first-order chi connectivity index (χ1) is 19.2. The van der Waals surface area contributed by atoms with Gasteiger partial charge in [0.1, 0.15) is 0 Å². The monoisotopic (exact) mass is 756 g/mol. The van der Waals surface area contributed by atoms with Crippen LogP contribution in [0.2, 0.25) is 0 Å². The molecular formula is C36H62Ag2O3. The van der Waals surface area contributed by atoms with Gasteiger partial charge in [0, 0.05) is 57.6 Å². The SMILES string of the molecule is CCCCC/C=C\C/C=C\CCCCCCCC(=O)OC(=O)CCCCCCC/C=C\C/C=C\CCCCC.[Ag].[Ag]. The molecular weight excluding hydrogens is 696 g/mol. The van der Waals surface area contributed by atoms with Gasteiger partial charge in [-0.2, -0.15) is 0 Å². The normalized spacial score (nSPS) is 11.5. The molecule has 0 aromatic carbocycles. The fourth-order valence-corrected chi connectivity index (χ4v) is 4.39. The average Bonchev–Trinajstić information content (AvgIpc) is 2.93. The minimum atomic E-state index is -0.353. The van der Waals surface area contributed by atoms with Crippen LogP contribution in [0.5, 0.6) is 0 Å². The van der Waals surface area contributed by atoms with Crippen molar-refractivity contribution in [1.82, 2.24) is 0 Å². The summed E-state index contributed by atoms with van der Waals surface area (Å²) in [6.07, 6.45) is 44.3. The Balaban J connectivity index is -0.00000722. The third-order valence-corrected chi connectivity index (χ3v) is 6.89. The number of allylic oxidation sites excluding steroid dienone is 8. The molecule has 0 unspecified atom stereocenters. The van der Waals surface area contributed by atoms with Gasteiger partial charge in [0.05, 0.1) is 0 Å². The zero-order valence-electron chi connectivity index (χ0n) is 26.4. The van der Waals surface area contributed by atoms with Crippen molar-refractivity contribution in [2.75, 3.05) is 0 Å². The summed E-state index contributed by atoms with van der Waals surface area (Å²) in [5, 5.41) is 0. The number of ether oxygens (including phenoxy) is 1. The van der Waals surface area contributed by atoms with Gasteiger partial charge in [0.2, 0.25) is 0 Å². The molecule has 0 N–H and O–H groups in total. The molecule has 0 spiro atoms. The maximum Gasteiger partial charge on any atom is 0.313 e. The minimum Gasteiger partial charge on any atom is -0.393 e. The van der Waals surface area contributed by atoms with Crippen molar-refractivity contribution in [3.63, 3.8) is 0 Å². The van der Waals surface area contributed by atoms with E-state index in [1.807, 2.05) is 0 Å². The van der Waals surface area contributed by atoms with Crippen LogP contribution in [0.25, 0.3) is 0 Å². The Bertz CT molecular complexity index is 612. The number of carbonyl (C=O) groups is 2. The summed E-state index contributed by atoms with van der Waals surface area (Å²) >= 11 is 0. The second-order valence-corrected chi connectivity index (χ2v) is 10.8. The Morgan fingerprint density at radius 3 is 1.05 bits per heavy atom. The third-order valence-electron chi connectivity index (χ3n) is 6.89. The number of unbranched alkanes of at least 4 members (excludes halogenated alkanes) is 16. The van der Waals surface area contributed by atoms with Crippen LogP contribution in [0, 0.1) is 0 Å². The Morgan fingerprint density at radius 1 is 0.415 bits per heavy atom. The van der Waals surface area contributed by atoms with Gasteiger partial charge < -0.3 is 4.74 Å². The summed E-state index contributed by atoms with van der Waals surface area (Å²) in [6, 6.07) is 0. The number of hydrogen-bond donors (Lipinski definition) is 0. The third kappa shape index (κ3) is 39.6. The molecule has 0 aromatic heterocycles. The predicted octanol–water partition coefficient (Wildman–Crippen LogP) is 11.7. The van der Waals surface area contributed by atoms with Gasteiger partial charge in [-0.25, -0.2) is 0 Å². The molecule has 0 atom stereocenters. The standard InChI is InChI=1S/C36H62O3.2Ag/c1-3-5-7-9-11-13-15-17-19-21-23-25-27-29-31-33-35(37)39-36(38)34-32-30-28-26-24-22-20-18-16-14-12-10-8-6-4-2;;/h11-14,17-20H,3-10,15-16,21-34H2,1-2H3;;/b13-11-,14-12-,19-17-,20-18-;;. The number of rotatable bonds is 28. The summed E-state index contributed by atoms with van der Waals surface area (Å²) in [7, 11) is 0. The molecule has 0 aromatic rings. The molecule has 0 heterocycles. The van der Waals surface area contributed by atoms with Crippen molar-refractivity contribution < 1.29 is 59.1 Å². The van der Waals surface area contributed by atoms with Crippen molar-refractivity contribution in [3.8, 4) is 0 Å². The van der Waals surface area contributed by atoms with Gasteiger partial charge in [-0.3, -0.25) is 9.59 Å². The molecule has 0 saturated carbocycles. The van der Waals surface area contributed by atoms with Crippen LogP contribution in [0.3, 0.4) is 0 Å². The summed E-state index contributed by atoms with van der Waals surface area (Å²) in [6.45, 7) is 4.48. The Kier molecular flexibility index (Phi) is 43.5. The first-order valence-corrected chi connectivity index (χ1v) is 16.5. The molecule has 41 heavy (non-hydrogen) atoms. The van der Waals surface area contributed by atoms with Crippen molar-refractivity contribution in [1.29, 1.82) is 0 Å². The van der Waals surface area contributed by atoms with E-state index in [2.05, 4.69) is 62.5 Å². The van der Waals surface area contributed by atoms with Gasteiger partial charge in [-0.1, -0.05) is 127 Å². The van der Waals surface area contributed by atoms with E-state index in [0.717, 1.165) is 64.2 Å². The first-order valence-electron chi connectivity index (χ1n) is 16.5. The predicted molar refractivity (Wildman–Crippen MR) is 170 cm³/mol. The van der Waals surface area contributed by atoms with E-state index in [1.54, 1.807) is 0 Å². The van der Waals surface area contributed by atoms with E-state index in [-0.39, 0.29) is 56.7 Å². The number of hydrogen-bond acceptors (Lipinski definition) is 3. The zero-order valence-corrected chi connectivity index (χ0v) is 29.4. The van der Waals surface area contributed by atoms with Gasteiger partial charge >= 0.3 is 11.9 Å². The molecule has 0 aliphatic rings. The summed E-state index contributed by atoms with van der Waals surface area (Å²) in [4.78, 5) is 23.8. The van der Waals surface area contributed by atoms with E-state index in [0.29, 0.717) is 12.8 Å². The minimum absolute atomic E-state index is 0. The zero-order chi connectivity index (χ0) is 28.5. The maximum absolute atomic E-state index is 11.9. The molecule has 2 radical (unpaired) electrons. The molecule has 0 aliphatic heterocycles. The van der Waals surface area contributed by atoms with Gasteiger partial charge in [0.15, 0.2) is 0 Å². The largest absolute Gasteiger partial charge is 0.393 e. The summed E-state index contributed by atoms with van der Waals surface area (Å²) in [5.41, 5.74) is 0. The van der Waals surface area contributed by atoms with Crippen molar-refractivity contribution in [2.45, 2.75) is 168 Å². The fraction of sp³-hybridized carbons (Fsp3) is 0.722. The molecule has 5 heteroatoms. The van der Waals surface area contributed by atoms with Gasteiger partial charge in [-0.05, 0) is 77.0 Å². The summed E-state index contributed by atoms with van der Waals surface area (Å²) in [5.74, 6) is -0.707. The second kappa shape index (κ2) is 39.6. The first kappa shape index (κ1) is 45.0. The van der Waals surface area contributed by atoms with E-state index >= 15 is 0 Å². The number of esters is 2. The van der Waals surface area contributed by atoms with E-state index in [1.165, 1.54) is 77.0 Å². The van der Waals surface area contributed by atoms with Crippen LogP contribution in [0.4, 0.5) is 0 Å². The number of carbonyl (C=O) groups excluding carboxylic acids is 2. The van der Waals surface area contributed by atoms with Crippen LogP contribution >= 0.6 is 0 Å². The van der Waals surface area contributed by atoms with Gasteiger partial charge in [0.25, 0.3) is 0 Å². The Morgan fingerprint density at radius 2 is 0.707 bits per heavy atom. The van der Waals surface area contributed by atoms with Crippen molar-refractivity contribution in [3.05, 3.63) is 48.6 Å². The van der Waals surface area contributed by atoms with Crippen molar-refractivity contribution >= 4 is 11.9 Å². The molecule has 0 rings (SSSR count). The Hall–Kier alpha value is -0.419. The molecule has 0 bridgehead atoms. The van der Waals surface area contributed by atoms with E-state index < -0.39 is 0 Å². The quantitative estimate of drug-likeness (QED) is 0.0262. The molecule has 0 amide bonds. The van der Waals surface area contributed by atoms with Crippen LogP contribution in [0.15, 0.2) is 48.6 Å².